The lowest BCUT2D eigenvalue weighted by molar-refractivity contribution is -0.148. The Morgan fingerprint density at radius 1 is 1.24 bits per heavy atom. The van der Waals surface area contributed by atoms with Crippen LogP contribution in [0.3, 0.4) is 0 Å². The molecule has 2 atom stereocenters. The van der Waals surface area contributed by atoms with Crippen molar-refractivity contribution in [2.24, 2.45) is 10.8 Å². The van der Waals surface area contributed by atoms with Gasteiger partial charge in [0.05, 0.1) is 5.56 Å². The van der Waals surface area contributed by atoms with Crippen LogP contribution in [-0.2, 0) is 20.5 Å². The highest BCUT2D eigenvalue weighted by Gasteiger charge is 2.50. The fourth-order valence-corrected chi connectivity index (χ4v) is 5.00. The van der Waals surface area contributed by atoms with Crippen molar-refractivity contribution in [3.63, 3.8) is 0 Å². The van der Waals surface area contributed by atoms with Gasteiger partial charge in [-0.2, -0.15) is 13.2 Å². The second-order valence-corrected chi connectivity index (χ2v) is 9.30. The summed E-state index contributed by atoms with van der Waals surface area (Å²) < 4.78 is 43.2. The van der Waals surface area contributed by atoms with E-state index < -0.39 is 17.7 Å². The molecule has 2 aliphatic rings. The van der Waals surface area contributed by atoms with E-state index in [0.29, 0.717) is 6.54 Å². The van der Waals surface area contributed by atoms with E-state index in [9.17, 15) is 22.8 Å². The molecule has 0 radical (unpaired) electrons. The minimum atomic E-state index is -4.45. The van der Waals surface area contributed by atoms with Crippen LogP contribution in [0.1, 0.15) is 51.2 Å². The number of benzene rings is 1. The molecule has 0 spiro atoms. The first kappa shape index (κ1) is 21.4. The molecule has 158 valence electrons. The van der Waals surface area contributed by atoms with Crippen LogP contribution in [0.2, 0.25) is 0 Å². The molecule has 0 N–H and O–H groups in total. The number of hydrogen-bond donors (Lipinski definition) is 0. The number of ether oxygens (including phenoxy) is 1. The maximum atomic E-state index is 12.7. The van der Waals surface area contributed by atoms with Gasteiger partial charge in [0, 0.05) is 18.7 Å². The SMILES string of the molecule is CC1(C)C[C@@H]2C[C@@](C)(CN2C(=O)COC(=O)/C=C/c2cccc(C(F)(F)F)c2)C1. The molecule has 1 saturated heterocycles. The molecule has 1 heterocycles. The molecule has 1 aromatic rings. The number of rotatable bonds is 4. The number of carbonyl (C=O) groups excluding carboxylic acids is 2. The van der Waals surface area contributed by atoms with E-state index in [-0.39, 0.29) is 34.9 Å². The van der Waals surface area contributed by atoms with Gasteiger partial charge in [-0.05, 0) is 53.9 Å². The van der Waals surface area contributed by atoms with E-state index >= 15 is 0 Å². The predicted molar refractivity (Wildman–Crippen MR) is 103 cm³/mol. The third kappa shape index (κ3) is 5.19. The van der Waals surface area contributed by atoms with E-state index in [0.717, 1.165) is 37.5 Å². The van der Waals surface area contributed by atoms with E-state index in [1.807, 2.05) is 4.90 Å². The molecule has 4 nitrogen and oxygen atoms in total. The van der Waals surface area contributed by atoms with Crippen LogP contribution in [-0.4, -0.2) is 36.0 Å². The quantitative estimate of drug-likeness (QED) is 0.535. The molecule has 0 unspecified atom stereocenters. The highest BCUT2D eigenvalue weighted by atomic mass is 19.4. The summed E-state index contributed by atoms with van der Waals surface area (Å²) in [5.74, 6) is -0.985. The zero-order valence-corrected chi connectivity index (χ0v) is 16.9. The smallest absolute Gasteiger partial charge is 0.416 e. The maximum absolute atomic E-state index is 12.7. The van der Waals surface area contributed by atoms with E-state index in [1.165, 1.54) is 18.2 Å². The number of fused-ring (bicyclic) bond motifs is 2. The molecular weight excluding hydrogens is 383 g/mol. The lowest BCUT2D eigenvalue weighted by Gasteiger charge is -2.39. The Labute approximate surface area is 168 Å². The van der Waals surface area contributed by atoms with Gasteiger partial charge in [0.25, 0.3) is 5.91 Å². The normalized spacial score (nSPS) is 26.0. The molecule has 1 aliphatic carbocycles. The Balaban J connectivity index is 1.55. The van der Waals surface area contributed by atoms with Gasteiger partial charge in [0.1, 0.15) is 0 Å². The number of amides is 1. The van der Waals surface area contributed by atoms with Crippen molar-refractivity contribution in [3.05, 3.63) is 41.5 Å². The number of nitrogens with zero attached hydrogens (tertiary/aromatic N) is 1. The lowest BCUT2D eigenvalue weighted by Crippen LogP contribution is -2.39. The summed E-state index contributed by atoms with van der Waals surface area (Å²) in [4.78, 5) is 26.3. The molecule has 1 amide bonds. The van der Waals surface area contributed by atoms with Crippen molar-refractivity contribution in [2.45, 2.75) is 52.3 Å². The molecule has 1 saturated carbocycles. The van der Waals surface area contributed by atoms with Crippen molar-refractivity contribution >= 4 is 18.0 Å². The third-order valence-corrected chi connectivity index (χ3v) is 5.70. The molecular formula is C22H26F3NO3. The van der Waals surface area contributed by atoms with Gasteiger partial charge in [-0.3, -0.25) is 4.79 Å². The number of carbonyl (C=O) groups is 2. The molecule has 7 heteroatoms. The van der Waals surface area contributed by atoms with Gasteiger partial charge >= 0.3 is 12.1 Å². The number of alkyl halides is 3. The maximum Gasteiger partial charge on any atom is 0.416 e. The van der Waals surface area contributed by atoms with Crippen LogP contribution in [0, 0.1) is 10.8 Å². The highest BCUT2D eigenvalue weighted by Crippen LogP contribution is 2.52. The van der Waals surface area contributed by atoms with Crippen molar-refractivity contribution in [1.29, 1.82) is 0 Å². The van der Waals surface area contributed by atoms with Crippen LogP contribution < -0.4 is 0 Å². The first-order valence-corrected chi connectivity index (χ1v) is 9.69. The van der Waals surface area contributed by atoms with Crippen LogP contribution in [0.5, 0.6) is 0 Å². The first-order valence-electron chi connectivity index (χ1n) is 9.69. The molecule has 0 aromatic heterocycles. The molecule has 2 bridgehead atoms. The van der Waals surface area contributed by atoms with Gasteiger partial charge < -0.3 is 9.64 Å². The number of likely N-dealkylation sites (tertiary alicyclic amines) is 1. The monoisotopic (exact) mass is 409 g/mol. The molecule has 1 aliphatic heterocycles. The van der Waals surface area contributed by atoms with Crippen molar-refractivity contribution < 1.29 is 27.5 Å². The third-order valence-electron chi connectivity index (χ3n) is 5.70. The largest absolute Gasteiger partial charge is 0.452 e. The topological polar surface area (TPSA) is 46.6 Å². The summed E-state index contributed by atoms with van der Waals surface area (Å²) in [6, 6.07) is 4.79. The molecule has 1 aromatic carbocycles. The highest BCUT2D eigenvalue weighted by molar-refractivity contribution is 5.89. The van der Waals surface area contributed by atoms with Crippen LogP contribution >= 0.6 is 0 Å². The van der Waals surface area contributed by atoms with Crippen molar-refractivity contribution in [1.82, 2.24) is 4.90 Å². The minimum Gasteiger partial charge on any atom is -0.452 e. The second-order valence-electron chi connectivity index (χ2n) is 9.30. The predicted octanol–water partition coefficient (Wildman–Crippen LogP) is 4.69. The fourth-order valence-electron chi connectivity index (χ4n) is 5.00. The minimum absolute atomic E-state index is 0.0927. The van der Waals surface area contributed by atoms with Gasteiger partial charge in [-0.1, -0.05) is 32.9 Å². The first-order chi connectivity index (χ1) is 13.4. The summed E-state index contributed by atoms with van der Waals surface area (Å²) in [5.41, 5.74) is -0.293. The number of esters is 1. The van der Waals surface area contributed by atoms with Crippen LogP contribution in [0.15, 0.2) is 30.3 Å². The zero-order valence-electron chi connectivity index (χ0n) is 16.9. The van der Waals surface area contributed by atoms with E-state index in [4.69, 9.17) is 4.74 Å². The average Bonchev–Trinajstić information content (AvgIpc) is 2.86. The number of hydrogen-bond acceptors (Lipinski definition) is 3. The number of halogens is 3. The summed E-state index contributed by atoms with van der Waals surface area (Å²) in [5, 5.41) is 0. The Kier molecular flexibility index (Phi) is 5.54. The average molecular weight is 409 g/mol. The second kappa shape index (κ2) is 7.50. The lowest BCUT2D eigenvalue weighted by atomic mass is 9.65. The molecule has 3 rings (SSSR count). The van der Waals surface area contributed by atoms with E-state index in [1.54, 1.807) is 0 Å². The van der Waals surface area contributed by atoms with Gasteiger partial charge in [-0.15, -0.1) is 0 Å². The zero-order chi connectivity index (χ0) is 21.4. The van der Waals surface area contributed by atoms with Gasteiger partial charge in [0.2, 0.25) is 0 Å². The Morgan fingerprint density at radius 2 is 1.97 bits per heavy atom. The molecule has 29 heavy (non-hydrogen) atoms. The van der Waals surface area contributed by atoms with Crippen LogP contribution in [0.25, 0.3) is 6.08 Å². The van der Waals surface area contributed by atoms with Gasteiger partial charge in [0.15, 0.2) is 6.61 Å². The van der Waals surface area contributed by atoms with Crippen LogP contribution in [0.4, 0.5) is 13.2 Å². The standard InChI is InChI=1S/C22H26F3NO3/c1-20(2)10-17-11-21(3,13-20)14-26(17)18(27)12-29-19(28)8-7-15-5-4-6-16(9-15)22(23,24)25/h4-9,17H,10-14H2,1-3H3/b8-7+/t17-,21-/m1/s1. The fraction of sp³-hybridized carbons (Fsp3) is 0.545. The van der Waals surface area contributed by atoms with Gasteiger partial charge in [-0.25, -0.2) is 4.79 Å². The Morgan fingerprint density at radius 3 is 2.66 bits per heavy atom. The summed E-state index contributed by atoms with van der Waals surface area (Å²) >= 11 is 0. The van der Waals surface area contributed by atoms with E-state index in [2.05, 4.69) is 20.8 Å². The van der Waals surface area contributed by atoms with Crippen molar-refractivity contribution in [3.8, 4) is 0 Å². The summed E-state index contributed by atoms with van der Waals surface area (Å²) in [6.07, 6.45) is 0.781. The Hall–Kier alpha value is -2.31. The summed E-state index contributed by atoms with van der Waals surface area (Å²) in [6.45, 7) is 6.92. The molecule has 2 fully saturated rings. The summed E-state index contributed by atoms with van der Waals surface area (Å²) in [7, 11) is 0. The Bertz CT molecular complexity index is 831. The van der Waals surface area contributed by atoms with Crippen molar-refractivity contribution in [2.75, 3.05) is 13.2 Å².